The third-order valence-corrected chi connectivity index (χ3v) is 2.99. The first-order chi connectivity index (χ1) is 7.15. The Morgan fingerprint density at radius 3 is 2.53 bits per heavy atom. The van der Waals surface area contributed by atoms with E-state index in [4.69, 9.17) is 26.3 Å². The fourth-order valence-corrected chi connectivity index (χ4v) is 2.03. The molecule has 0 spiro atoms. The standard InChI is InChI=1S/C10H9BrClNO2/c1-14-8-4-3-6(7(11)5-13)9(12)10(8)15-2/h3-4,7H,1-2H3. The van der Waals surface area contributed by atoms with Gasteiger partial charge in [-0.2, -0.15) is 5.26 Å². The molecule has 0 aromatic heterocycles. The van der Waals surface area contributed by atoms with E-state index in [1.165, 1.54) is 14.2 Å². The molecule has 0 heterocycles. The summed E-state index contributed by atoms with van der Waals surface area (Å²) in [7, 11) is 3.03. The zero-order valence-electron chi connectivity index (χ0n) is 8.25. The molecule has 0 fully saturated rings. The number of ether oxygens (including phenoxy) is 2. The minimum atomic E-state index is -0.454. The molecule has 5 heteroatoms. The second kappa shape index (κ2) is 5.24. The Morgan fingerprint density at radius 1 is 1.40 bits per heavy atom. The summed E-state index contributed by atoms with van der Waals surface area (Å²) < 4.78 is 10.2. The number of benzene rings is 1. The maximum absolute atomic E-state index is 8.78. The van der Waals surface area contributed by atoms with E-state index >= 15 is 0 Å². The van der Waals surface area contributed by atoms with Gasteiger partial charge in [-0.05, 0) is 6.07 Å². The maximum Gasteiger partial charge on any atom is 0.179 e. The number of hydrogen-bond donors (Lipinski definition) is 0. The van der Waals surface area contributed by atoms with Crippen LogP contribution < -0.4 is 9.47 Å². The van der Waals surface area contributed by atoms with Crippen LogP contribution in [0.1, 0.15) is 10.4 Å². The van der Waals surface area contributed by atoms with Crippen LogP contribution >= 0.6 is 27.5 Å². The number of methoxy groups -OCH3 is 2. The van der Waals surface area contributed by atoms with Gasteiger partial charge < -0.3 is 9.47 Å². The van der Waals surface area contributed by atoms with Gasteiger partial charge in [-0.25, -0.2) is 0 Å². The summed E-state index contributed by atoms with van der Waals surface area (Å²) in [6, 6.07) is 5.49. The number of alkyl halides is 1. The Hall–Kier alpha value is -0.920. The van der Waals surface area contributed by atoms with Gasteiger partial charge in [-0.1, -0.05) is 33.6 Å². The summed E-state index contributed by atoms with van der Waals surface area (Å²) in [5.74, 6) is 0.986. The predicted molar refractivity (Wildman–Crippen MR) is 61.8 cm³/mol. The quantitative estimate of drug-likeness (QED) is 0.802. The Balaban J connectivity index is 3.30. The fourth-order valence-electron chi connectivity index (χ4n) is 1.17. The first-order valence-corrected chi connectivity index (χ1v) is 5.39. The first kappa shape index (κ1) is 12.2. The molecule has 3 nitrogen and oxygen atoms in total. The van der Waals surface area contributed by atoms with Crippen molar-refractivity contribution in [2.45, 2.75) is 4.83 Å². The van der Waals surface area contributed by atoms with Gasteiger partial charge in [0.25, 0.3) is 0 Å². The number of hydrogen-bond acceptors (Lipinski definition) is 3. The van der Waals surface area contributed by atoms with Crippen LogP contribution in [0.3, 0.4) is 0 Å². The number of halogens is 2. The molecule has 0 saturated carbocycles. The molecule has 1 aromatic rings. The second-order valence-electron chi connectivity index (χ2n) is 2.70. The summed E-state index contributed by atoms with van der Waals surface area (Å²) in [6.07, 6.45) is 0. The van der Waals surface area contributed by atoms with Crippen LogP contribution in [0.5, 0.6) is 11.5 Å². The Kier molecular flexibility index (Phi) is 4.25. The summed E-state index contributed by atoms with van der Waals surface area (Å²) in [6.45, 7) is 0. The highest BCUT2D eigenvalue weighted by atomic mass is 79.9. The molecule has 1 unspecified atom stereocenters. The van der Waals surface area contributed by atoms with E-state index in [0.717, 1.165) is 0 Å². The minimum Gasteiger partial charge on any atom is -0.493 e. The summed E-state index contributed by atoms with van der Waals surface area (Å²) >= 11 is 9.28. The predicted octanol–water partition coefficient (Wildman–Crippen LogP) is 3.32. The highest BCUT2D eigenvalue weighted by Gasteiger charge is 2.17. The molecule has 0 aliphatic rings. The van der Waals surface area contributed by atoms with Gasteiger partial charge in [0, 0.05) is 5.56 Å². The summed E-state index contributed by atoms with van der Waals surface area (Å²) in [4.78, 5) is -0.454. The van der Waals surface area contributed by atoms with Crippen LogP contribution in [0, 0.1) is 11.3 Å². The molecule has 0 amide bonds. The lowest BCUT2D eigenvalue weighted by Gasteiger charge is -2.12. The van der Waals surface area contributed by atoms with E-state index in [0.29, 0.717) is 22.1 Å². The topological polar surface area (TPSA) is 42.2 Å². The van der Waals surface area contributed by atoms with Crippen LogP contribution in [-0.4, -0.2) is 14.2 Å². The van der Waals surface area contributed by atoms with Crippen molar-refractivity contribution in [2.75, 3.05) is 14.2 Å². The molecule has 0 saturated heterocycles. The summed E-state index contributed by atoms with van der Waals surface area (Å²) in [5.41, 5.74) is 0.664. The lowest BCUT2D eigenvalue weighted by Crippen LogP contribution is -1.95. The summed E-state index contributed by atoms with van der Waals surface area (Å²) in [5, 5.41) is 9.16. The van der Waals surface area contributed by atoms with Crippen LogP contribution in [-0.2, 0) is 0 Å². The van der Waals surface area contributed by atoms with E-state index in [1.807, 2.05) is 6.07 Å². The molecular weight excluding hydrogens is 281 g/mol. The average molecular weight is 291 g/mol. The van der Waals surface area contributed by atoms with Crippen LogP contribution in [0.15, 0.2) is 12.1 Å². The van der Waals surface area contributed by atoms with Gasteiger partial charge in [0.05, 0.1) is 25.3 Å². The molecular formula is C10H9BrClNO2. The number of rotatable bonds is 3. The van der Waals surface area contributed by atoms with E-state index in [9.17, 15) is 0 Å². The molecule has 1 rings (SSSR count). The Morgan fingerprint density at radius 2 is 2.07 bits per heavy atom. The van der Waals surface area contributed by atoms with Crippen molar-refractivity contribution in [1.29, 1.82) is 5.26 Å². The van der Waals surface area contributed by atoms with Gasteiger partial charge in [0.1, 0.15) is 4.83 Å². The van der Waals surface area contributed by atoms with E-state index in [-0.39, 0.29) is 0 Å². The molecule has 0 N–H and O–H groups in total. The van der Waals surface area contributed by atoms with Crippen molar-refractivity contribution in [1.82, 2.24) is 0 Å². The van der Waals surface area contributed by atoms with Crippen molar-refractivity contribution >= 4 is 27.5 Å². The third-order valence-electron chi connectivity index (χ3n) is 1.90. The number of nitrogens with zero attached hydrogens (tertiary/aromatic N) is 1. The highest BCUT2D eigenvalue weighted by molar-refractivity contribution is 9.09. The van der Waals surface area contributed by atoms with Gasteiger partial charge in [-0.3, -0.25) is 0 Å². The van der Waals surface area contributed by atoms with Crippen molar-refractivity contribution in [2.24, 2.45) is 0 Å². The monoisotopic (exact) mass is 289 g/mol. The molecule has 80 valence electrons. The fraction of sp³-hybridized carbons (Fsp3) is 0.300. The van der Waals surface area contributed by atoms with Gasteiger partial charge in [0.15, 0.2) is 11.5 Å². The molecule has 0 radical (unpaired) electrons. The molecule has 0 bridgehead atoms. The molecule has 0 aliphatic heterocycles. The highest BCUT2D eigenvalue weighted by Crippen LogP contribution is 2.41. The van der Waals surface area contributed by atoms with Crippen LogP contribution in [0.25, 0.3) is 0 Å². The third kappa shape index (κ3) is 2.36. The van der Waals surface area contributed by atoms with E-state index in [2.05, 4.69) is 15.9 Å². The van der Waals surface area contributed by atoms with E-state index in [1.54, 1.807) is 12.1 Å². The average Bonchev–Trinajstić information content (AvgIpc) is 2.27. The lowest BCUT2D eigenvalue weighted by atomic mass is 10.1. The Bertz CT molecular complexity index is 403. The Labute approximate surface area is 102 Å². The normalized spacial score (nSPS) is 11.7. The van der Waals surface area contributed by atoms with Crippen LogP contribution in [0.2, 0.25) is 5.02 Å². The largest absolute Gasteiger partial charge is 0.493 e. The second-order valence-corrected chi connectivity index (χ2v) is 3.99. The lowest BCUT2D eigenvalue weighted by molar-refractivity contribution is 0.355. The molecule has 0 aliphatic carbocycles. The van der Waals surface area contributed by atoms with Crippen molar-refractivity contribution in [3.63, 3.8) is 0 Å². The van der Waals surface area contributed by atoms with E-state index < -0.39 is 4.83 Å². The van der Waals surface area contributed by atoms with Crippen LogP contribution in [0.4, 0.5) is 0 Å². The van der Waals surface area contributed by atoms with Gasteiger partial charge in [0.2, 0.25) is 0 Å². The maximum atomic E-state index is 8.78. The van der Waals surface area contributed by atoms with Crippen molar-refractivity contribution in [3.05, 3.63) is 22.7 Å². The SMILES string of the molecule is COc1ccc(C(Br)C#N)c(Cl)c1OC. The first-order valence-electron chi connectivity index (χ1n) is 4.09. The molecule has 1 aromatic carbocycles. The minimum absolute atomic E-state index is 0.389. The number of nitriles is 1. The van der Waals surface area contributed by atoms with Crippen molar-refractivity contribution < 1.29 is 9.47 Å². The molecule has 1 atom stereocenters. The zero-order chi connectivity index (χ0) is 11.4. The van der Waals surface area contributed by atoms with Gasteiger partial charge >= 0.3 is 0 Å². The molecule has 15 heavy (non-hydrogen) atoms. The smallest absolute Gasteiger partial charge is 0.179 e. The zero-order valence-corrected chi connectivity index (χ0v) is 10.6. The van der Waals surface area contributed by atoms with Crippen molar-refractivity contribution in [3.8, 4) is 17.6 Å². The van der Waals surface area contributed by atoms with Gasteiger partial charge in [-0.15, -0.1) is 0 Å².